The second-order valence-corrected chi connectivity index (χ2v) is 4.07. The van der Waals surface area contributed by atoms with E-state index in [9.17, 15) is 9.18 Å². The van der Waals surface area contributed by atoms with Gasteiger partial charge in [0.15, 0.2) is 5.82 Å². The van der Waals surface area contributed by atoms with Crippen molar-refractivity contribution < 1.29 is 8.91 Å². The normalized spacial score (nSPS) is 11.1. The van der Waals surface area contributed by atoms with Gasteiger partial charge in [0.25, 0.3) is 5.56 Å². The summed E-state index contributed by atoms with van der Waals surface area (Å²) in [6.07, 6.45) is 1.34. The van der Waals surface area contributed by atoms with Crippen molar-refractivity contribution in [2.24, 2.45) is 0 Å². The van der Waals surface area contributed by atoms with E-state index < -0.39 is 5.82 Å². The van der Waals surface area contributed by atoms with Gasteiger partial charge in [-0.05, 0) is 12.1 Å². The van der Waals surface area contributed by atoms with E-state index in [2.05, 4.69) is 15.1 Å². The largest absolute Gasteiger partial charge is 0.340 e. The highest BCUT2D eigenvalue weighted by Gasteiger charge is 2.08. The molecule has 96 valence electrons. The number of halogens is 1. The summed E-state index contributed by atoms with van der Waals surface area (Å²) in [5.41, 5.74) is 0.0537. The summed E-state index contributed by atoms with van der Waals surface area (Å²) in [6, 6.07) is 3.87. The number of hydrogen-bond acceptors (Lipinski definition) is 5. The second-order valence-electron chi connectivity index (χ2n) is 4.07. The first-order valence-electron chi connectivity index (χ1n) is 5.57. The number of fused-ring (bicyclic) bond motifs is 1. The minimum absolute atomic E-state index is 0.163. The molecule has 0 aliphatic heterocycles. The molecular formula is C12H9FN4O2. The van der Waals surface area contributed by atoms with Gasteiger partial charge < -0.3 is 4.52 Å². The molecule has 2 aromatic heterocycles. The smallest absolute Gasteiger partial charge is 0.261 e. The van der Waals surface area contributed by atoms with Crippen LogP contribution in [0.15, 0.2) is 33.8 Å². The molecule has 1 aromatic carbocycles. The Bertz CT molecular complexity index is 809. The first-order valence-corrected chi connectivity index (χ1v) is 5.57. The van der Waals surface area contributed by atoms with Crippen LogP contribution in [-0.2, 0) is 6.54 Å². The van der Waals surface area contributed by atoms with Gasteiger partial charge in [0.1, 0.15) is 5.82 Å². The number of aromatic nitrogens is 4. The van der Waals surface area contributed by atoms with Crippen molar-refractivity contribution >= 4 is 10.9 Å². The van der Waals surface area contributed by atoms with Crippen LogP contribution in [-0.4, -0.2) is 19.7 Å². The van der Waals surface area contributed by atoms with Crippen molar-refractivity contribution in [3.63, 3.8) is 0 Å². The highest BCUT2D eigenvalue weighted by molar-refractivity contribution is 5.77. The van der Waals surface area contributed by atoms with Crippen LogP contribution in [0.25, 0.3) is 10.9 Å². The van der Waals surface area contributed by atoms with Crippen molar-refractivity contribution in [2.45, 2.75) is 13.5 Å². The van der Waals surface area contributed by atoms with Gasteiger partial charge in [0, 0.05) is 13.0 Å². The summed E-state index contributed by atoms with van der Waals surface area (Å²) in [7, 11) is 0. The number of hydrogen-bond donors (Lipinski definition) is 0. The Labute approximate surface area is 106 Å². The van der Waals surface area contributed by atoms with E-state index in [0.29, 0.717) is 22.6 Å². The highest BCUT2D eigenvalue weighted by atomic mass is 19.1. The molecule has 0 unspecified atom stereocenters. The summed E-state index contributed by atoms with van der Waals surface area (Å²) >= 11 is 0. The molecule has 2 heterocycles. The van der Waals surface area contributed by atoms with Crippen LogP contribution in [0.3, 0.4) is 0 Å². The molecule has 3 rings (SSSR count). The molecule has 0 amide bonds. The third-order valence-electron chi connectivity index (χ3n) is 2.67. The van der Waals surface area contributed by atoms with E-state index in [1.54, 1.807) is 6.92 Å². The molecule has 0 radical (unpaired) electrons. The zero-order valence-corrected chi connectivity index (χ0v) is 10.00. The molecule has 19 heavy (non-hydrogen) atoms. The van der Waals surface area contributed by atoms with E-state index in [1.165, 1.54) is 29.1 Å². The van der Waals surface area contributed by atoms with Gasteiger partial charge >= 0.3 is 0 Å². The topological polar surface area (TPSA) is 73.8 Å². The lowest BCUT2D eigenvalue weighted by Gasteiger charge is -2.03. The van der Waals surface area contributed by atoms with Gasteiger partial charge in [-0.25, -0.2) is 9.37 Å². The van der Waals surface area contributed by atoms with Gasteiger partial charge in [-0.15, -0.1) is 0 Å². The second kappa shape index (κ2) is 4.27. The molecule has 3 aromatic rings. The van der Waals surface area contributed by atoms with Gasteiger partial charge in [0.2, 0.25) is 5.89 Å². The zero-order valence-electron chi connectivity index (χ0n) is 10.00. The first-order chi connectivity index (χ1) is 9.13. The zero-order chi connectivity index (χ0) is 13.4. The standard InChI is InChI=1S/C12H9FN4O2/c1-7-15-11(16-19-7)5-17-6-14-10-4-8(13)2-3-9(10)12(17)18/h2-4,6H,5H2,1H3. The molecule has 0 N–H and O–H groups in total. The molecule has 0 fully saturated rings. The van der Waals surface area contributed by atoms with E-state index in [4.69, 9.17) is 4.52 Å². The molecular weight excluding hydrogens is 251 g/mol. The van der Waals surface area contributed by atoms with Crippen LogP contribution < -0.4 is 5.56 Å². The summed E-state index contributed by atoms with van der Waals surface area (Å²) < 4.78 is 19.2. The Kier molecular flexibility index (Phi) is 2.59. The number of rotatable bonds is 2. The molecule has 0 aliphatic rings. The van der Waals surface area contributed by atoms with Crippen molar-refractivity contribution in [3.8, 4) is 0 Å². The molecule has 0 bridgehead atoms. The summed E-state index contributed by atoms with van der Waals surface area (Å²) in [5.74, 6) is 0.396. The van der Waals surface area contributed by atoms with Gasteiger partial charge in [-0.3, -0.25) is 9.36 Å². The van der Waals surface area contributed by atoms with E-state index >= 15 is 0 Å². The average Bonchev–Trinajstić information content (AvgIpc) is 2.78. The maximum absolute atomic E-state index is 13.0. The van der Waals surface area contributed by atoms with Crippen LogP contribution in [0.4, 0.5) is 4.39 Å². The Morgan fingerprint density at radius 2 is 2.26 bits per heavy atom. The predicted octanol–water partition coefficient (Wildman–Crippen LogP) is 1.28. The maximum Gasteiger partial charge on any atom is 0.261 e. The minimum Gasteiger partial charge on any atom is -0.340 e. The molecule has 6 nitrogen and oxygen atoms in total. The Morgan fingerprint density at radius 1 is 1.42 bits per heavy atom. The minimum atomic E-state index is -0.425. The third kappa shape index (κ3) is 2.10. The fourth-order valence-corrected chi connectivity index (χ4v) is 1.80. The van der Waals surface area contributed by atoms with Crippen LogP contribution >= 0.6 is 0 Å². The van der Waals surface area contributed by atoms with Gasteiger partial charge in [-0.1, -0.05) is 5.16 Å². The molecule has 0 saturated heterocycles. The molecule has 0 spiro atoms. The Balaban J connectivity index is 2.08. The molecule has 7 heteroatoms. The number of aryl methyl sites for hydroxylation is 1. The summed E-state index contributed by atoms with van der Waals surface area (Å²) in [6.45, 7) is 1.83. The van der Waals surface area contributed by atoms with Crippen molar-refractivity contribution in [2.75, 3.05) is 0 Å². The fourth-order valence-electron chi connectivity index (χ4n) is 1.80. The van der Waals surface area contributed by atoms with E-state index in [1.807, 2.05) is 0 Å². The van der Waals surface area contributed by atoms with Gasteiger partial charge in [-0.2, -0.15) is 4.98 Å². The van der Waals surface area contributed by atoms with Crippen LogP contribution in [0.1, 0.15) is 11.7 Å². The lowest BCUT2D eigenvalue weighted by molar-refractivity contribution is 0.386. The average molecular weight is 260 g/mol. The first kappa shape index (κ1) is 11.5. The summed E-state index contributed by atoms with van der Waals surface area (Å²) in [5, 5.41) is 4.06. The summed E-state index contributed by atoms with van der Waals surface area (Å²) in [4.78, 5) is 20.2. The Hall–Kier alpha value is -2.57. The third-order valence-corrected chi connectivity index (χ3v) is 2.67. The van der Waals surface area contributed by atoms with E-state index in [-0.39, 0.29) is 12.1 Å². The Morgan fingerprint density at radius 3 is 3.00 bits per heavy atom. The van der Waals surface area contributed by atoms with E-state index in [0.717, 1.165) is 0 Å². The lowest BCUT2D eigenvalue weighted by atomic mass is 10.2. The van der Waals surface area contributed by atoms with Crippen molar-refractivity contribution in [1.29, 1.82) is 0 Å². The predicted molar refractivity (Wildman–Crippen MR) is 64.1 cm³/mol. The lowest BCUT2D eigenvalue weighted by Crippen LogP contribution is -2.21. The van der Waals surface area contributed by atoms with Crippen LogP contribution in [0, 0.1) is 12.7 Å². The van der Waals surface area contributed by atoms with Gasteiger partial charge in [0.05, 0.1) is 23.8 Å². The maximum atomic E-state index is 13.0. The fraction of sp³-hybridized carbons (Fsp3) is 0.167. The van der Waals surface area contributed by atoms with Crippen LogP contribution in [0.5, 0.6) is 0 Å². The monoisotopic (exact) mass is 260 g/mol. The molecule has 0 aliphatic carbocycles. The van der Waals surface area contributed by atoms with Crippen molar-refractivity contribution in [1.82, 2.24) is 19.7 Å². The molecule has 0 atom stereocenters. The van der Waals surface area contributed by atoms with Crippen LogP contribution in [0.2, 0.25) is 0 Å². The quantitative estimate of drug-likeness (QED) is 0.693. The highest BCUT2D eigenvalue weighted by Crippen LogP contribution is 2.08. The SMILES string of the molecule is Cc1nc(Cn2cnc3cc(F)ccc3c2=O)no1. The van der Waals surface area contributed by atoms with Crippen molar-refractivity contribution in [3.05, 3.63) is 52.4 Å². The molecule has 0 saturated carbocycles. The number of benzene rings is 1. The number of nitrogens with zero attached hydrogens (tertiary/aromatic N) is 4.